The van der Waals surface area contributed by atoms with E-state index < -0.39 is 5.41 Å². The molecule has 11 aromatic rings. The minimum absolute atomic E-state index is 0.597. The van der Waals surface area contributed by atoms with E-state index >= 15 is 0 Å². The minimum Gasteiger partial charge on any atom is -0.460 e. The van der Waals surface area contributed by atoms with Crippen molar-refractivity contribution in [3.8, 4) is 33.4 Å². The molecule has 336 valence electrons. The summed E-state index contributed by atoms with van der Waals surface area (Å²) in [5.41, 5.74) is 23.5. The maximum absolute atomic E-state index is 7.31. The van der Waals surface area contributed by atoms with Gasteiger partial charge in [0, 0.05) is 73.6 Å². The van der Waals surface area contributed by atoms with Gasteiger partial charge in [-0.2, -0.15) is 0 Å². The van der Waals surface area contributed by atoms with Crippen LogP contribution in [-0.4, -0.2) is 0 Å². The van der Waals surface area contributed by atoms with Gasteiger partial charge in [-0.25, -0.2) is 0 Å². The van der Waals surface area contributed by atoms with Crippen molar-refractivity contribution in [2.75, 3.05) is 4.90 Å². The number of hydrogen-bond acceptors (Lipinski definition) is 4. The van der Waals surface area contributed by atoms with Crippen LogP contribution in [0.1, 0.15) is 70.6 Å². The second-order valence-corrected chi connectivity index (χ2v) is 19.9. The highest BCUT2D eigenvalue weighted by Gasteiger charge is 2.55. The Labute approximate surface area is 410 Å². The van der Waals surface area contributed by atoms with E-state index in [9.17, 15) is 0 Å². The molecule has 0 radical (unpaired) electrons. The third kappa shape index (κ3) is 5.34. The predicted octanol–water partition coefficient (Wildman–Crippen LogP) is 18.2. The summed E-state index contributed by atoms with van der Waals surface area (Å²) in [5.74, 6) is 2.14. The Morgan fingerprint density at radius 1 is 0.408 bits per heavy atom. The van der Waals surface area contributed by atoms with Crippen molar-refractivity contribution >= 4 is 78.7 Å². The summed E-state index contributed by atoms with van der Waals surface area (Å²) in [5, 5.41) is 4.54. The average molecular weight is 912 g/mol. The Morgan fingerprint density at radius 3 is 1.61 bits per heavy atom. The van der Waals surface area contributed by atoms with Crippen LogP contribution in [0, 0.1) is 0 Å². The van der Waals surface area contributed by atoms with Crippen LogP contribution < -0.4 is 4.90 Å². The molecule has 0 saturated carbocycles. The Balaban J connectivity index is 0.979. The highest BCUT2D eigenvalue weighted by Crippen LogP contribution is 2.67. The van der Waals surface area contributed by atoms with Crippen LogP contribution >= 0.6 is 0 Å². The lowest BCUT2D eigenvalue weighted by Gasteiger charge is -2.36. The molecule has 16 rings (SSSR count). The molecule has 0 bridgehead atoms. The molecule has 8 aromatic carbocycles. The van der Waals surface area contributed by atoms with Gasteiger partial charge in [0.15, 0.2) is 5.58 Å². The number of benzene rings is 8. The van der Waals surface area contributed by atoms with Crippen LogP contribution in [0.3, 0.4) is 0 Å². The average Bonchev–Trinajstić information content (AvgIpc) is 4.25. The maximum Gasteiger partial charge on any atom is 0.159 e. The summed E-state index contributed by atoms with van der Waals surface area (Å²) < 4.78 is 20.7. The number of fused-ring (bicyclic) bond motifs is 18. The molecule has 1 atom stereocenters. The zero-order valence-electron chi connectivity index (χ0n) is 39.0. The molecule has 71 heavy (non-hydrogen) atoms. The van der Waals surface area contributed by atoms with E-state index in [1.807, 2.05) is 0 Å². The first-order chi connectivity index (χ1) is 35.2. The highest BCUT2D eigenvalue weighted by molar-refractivity contribution is 6.16. The topological polar surface area (TPSA) is 42.7 Å². The Morgan fingerprint density at radius 2 is 0.944 bits per heavy atom. The van der Waals surface area contributed by atoms with Crippen molar-refractivity contribution in [3.05, 3.63) is 239 Å². The summed E-state index contributed by atoms with van der Waals surface area (Å²) >= 11 is 0. The van der Waals surface area contributed by atoms with Gasteiger partial charge in [-0.05, 0) is 112 Å². The fourth-order valence-corrected chi connectivity index (χ4v) is 13.3. The maximum atomic E-state index is 7.31. The second kappa shape index (κ2) is 14.7. The number of hydrogen-bond donors (Lipinski definition) is 0. The van der Waals surface area contributed by atoms with E-state index in [2.05, 4.69) is 205 Å². The first kappa shape index (κ1) is 39.3. The van der Waals surface area contributed by atoms with Crippen LogP contribution in [-0.2, 0) is 18.3 Å². The van der Waals surface area contributed by atoms with Crippen LogP contribution in [0.15, 0.2) is 207 Å². The van der Waals surface area contributed by atoms with Crippen molar-refractivity contribution in [2.24, 2.45) is 0 Å². The third-order valence-electron chi connectivity index (χ3n) is 16.3. The molecule has 0 saturated heterocycles. The van der Waals surface area contributed by atoms with Gasteiger partial charge in [-0.15, -0.1) is 0 Å². The van der Waals surface area contributed by atoms with Crippen LogP contribution in [0.5, 0.6) is 0 Å². The molecule has 0 aliphatic heterocycles. The monoisotopic (exact) mass is 911 g/mol. The standard InChI is InChI=1S/C67H45NO3/c1-7-25-56-46(15-1)47-16-2-8-26-57(47)67(56)58-27-9-3-17-48(58)54-39-55-51-20-6-12-30-61(51)71-66(55)63(62(54)67)68(42-35-31-40(32-36-42)44-21-13-23-52-49-18-4-10-28-59(49)69-64(44)52)43-37-33-41(34-38-43)45-22-14-24-53-50-19-5-11-29-60(50)70-65(45)53/h1,3-9,12-15,17-27,30-39H,2,10-11,16,28-29H2. The van der Waals surface area contributed by atoms with E-state index in [0.29, 0.717) is 0 Å². The number of para-hydroxylation sites is 3. The number of rotatable bonds is 5. The number of allylic oxidation sites excluding steroid dienone is 6. The summed E-state index contributed by atoms with van der Waals surface area (Å²) in [4.78, 5) is 2.49. The van der Waals surface area contributed by atoms with Gasteiger partial charge >= 0.3 is 0 Å². The van der Waals surface area contributed by atoms with Gasteiger partial charge in [0.2, 0.25) is 0 Å². The van der Waals surface area contributed by atoms with Crippen molar-refractivity contribution in [2.45, 2.75) is 43.9 Å². The lowest BCUT2D eigenvalue weighted by Crippen LogP contribution is -2.29. The quantitative estimate of drug-likeness (QED) is 0.173. The first-order valence-electron chi connectivity index (χ1n) is 25.2. The fourth-order valence-electron chi connectivity index (χ4n) is 13.3. The van der Waals surface area contributed by atoms with E-state index in [4.69, 9.17) is 13.3 Å². The van der Waals surface area contributed by atoms with Gasteiger partial charge in [0.1, 0.15) is 28.3 Å². The molecule has 0 fully saturated rings. The van der Waals surface area contributed by atoms with E-state index in [0.717, 1.165) is 122 Å². The summed E-state index contributed by atoms with van der Waals surface area (Å²) in [6.07, 6.45) is 19.7. The first-order valence-corrected chi connectivity index (χ1v) is 25.2. The fraction of sp³-hybridized carbons (Fsp3) is 0.104. The third-order valence-corrected chi connectivity index (χ3v) is 16.3. The highest BCUT2D eigenvalue weighted by atomic mass is 16.3. The summed E-state index contributed by atoms with van der Waals surface area (Å²) in [7, 11) is 0. The molecule has 1 spiro atoms. The van der Waals surface area contributed by atoms with Crippen molar-refractivity contribution in [1.29, 1.82) is 0 Å². The molecule has 0 N–H and O–H groups in total. The molecule has 5 aliphatic carbocycles. The lowest BCUT2D eigenvalue weighted by molar-refractivity contribution is 0.546. The molecule has 3 heterocycles. The molecular weight excluding hydrogens is 867 g/mol. The Hall–Kier alpha value is -8.60. The van der Waals surface area contributed by atoms with Gasteiger partial charge in [-0.3, -0.25) is 0 Å². The number of anilines is 3. The lowest BCUT2D eigenvalue weighted by atomic mass is 9.68. The van der Waals surface area contributed by atoms with Gasteiger partial charge in [0.25, 0.3) is 0 Å². The predicted molar refractivity (Wildman–Crippen MR) is 291 cm³/mol. The minimum atomic E-state index is -0.597. The normalized spacial score (nSPS) is 17.1. The van der Waals surface area contributed by atoms with E-state index in [1.165, 1.54) is 66.4 Å². The van der Waals surface area contributed by atoms with Crippen molar-refractivity contribution in [1.82, 2.24) is 0 Å². The molecule has 5 aliphatic rings. The Bertz CT molecular complexity index is 4080. The van der Waals surface area contributed by atoms with Gasteiger partial charge in [-0.1, -0.05) is 164 Å². The summed E-state index contributed by atoms with van der Waals surface area (Å²) in [6.45, 7) is 0. The van der Waals surface area contributed by atoms with E-state index in [-0.39, 0.29) is 0 Å². The number of furan rings is 3. The number of aryl methyl sites for hydroxylation is 2. The second-order valence-electron chi connectivity index (χ2n) is 19.9. The SMILES string of the molecule is C1=CC2=C(CC1)c1ccccc1C21c2ccccc2-c2cc3c(oc4ccccc43)c(N(c3ccc(-c4cccc5c6c(oc45)CCC=C6)cc3)c3ccc(-c4cccc5c6c(oc45)CCC=C6)cc3)c21. The molecule has 0 amide bonds. The molecule has 4 heteroatoms. The van der Waals surface area contributed by atoms with Crippen LogP contribution in [0.4, 0.5) is 17.1 Å². The van der Waals surface area contributed by atoms with Crippen molar-refractivity contribution in [3.63, 3.8) is 0 Å². The zero-order chi connectivity index (χ0) is 46.4. The van der Waals surface area contributed by atoms with Crippen LogP contribution in [0.25, 0.3) is 95.0 Å². The molecule has 4 nitrogen and oxygen atoms in total. The summed E-state index contributed by atoms with van der Waals surface area (Å²) in [6, 6.07) is 60.7. The van der Waals surface area contributed by atoms with Gasteiger partial charge < -0.3 is 18.2 Å². The zero-order valence-corrected chi connectivity index (χ0v) is 39.0. The largest absolute Gasteiger partial charge is 0.460 e. The molecular formula is C67H45NO3. The van der Waals surface area contributed by atoms with E-state index in [1.54, 1.807) is 0 Å². The molecule has 3 aromatic heterocycles. The smallest absolute Gasteiger partial charge is 0.159 e. The Kier molecular flexibility index (Phi) is 8.14. The van der Waals surface area contributed by atoms with Crippen LogP contribution in [0.2, 0.25) is 0 Å². The van der Waals surface area contributed by atoms with Gasteiger partial charge in [0.05, 0.1) is 11.1 Å². The molecule has 1 unspecified atom stereocenters. The van der Waals surface area contributed by atoms with Crippen molar-refractivity contribution < 1.29 is 13.3 Å². The number of nitrogens with zero attached hydrogens (tertiary/aromatic N) is 1.